The van der Waals surface area contributed by atoms with Crippen molar-refractivity contribution in [2.45, 2.75) is 4.90 Å². The van der Waals surface area contributed by atoms with Crippen LogP contribution in [0.3, 0.4) is 0 Å². The molecule has 0 bridgehead atoms. The fourth-order valence-electron chi connectivity index (χ4n) is 1.43. The Hall–Kier alpha value is -1.32. The molecule has 1 aromatic carbocycles. The normalized spacial score (nSPS) is 11.3. The van der Waals surface area contributed by atoms with E-state index in [1.54, 1.807) is 18.2 Å². The number of sulfonamides is 1. The number of H-pyrrole nitrogens is 1. The van der Waals surface area contributed by atoms with E-state index in [-0.39, 0.29) is 10.6 Å². The molecule has 0 atom stereocenters. The molecule has 0 spiro atoms. The Balaban J connectivity index is 2.33. The molecule has 20 heavy (non-hydrogen) atoms. The molecule has 0 radical (unpaired) electrons. The molecule has 0 aliphatic heterocycles. The van der Waals surface area contributed by atoms with Crippen molar-refractivity contribution in [3.63, 3.8) is 0 Å². The fourth-order valence-corrected chi connectivity index (χ4v) is 3.78. The van der Waals surface area contributed by atoms with Gasteiger partial charge in [-0.3, -0.25) is 4.72 Å². The van der Waals surface area contributed by atoms with Crippen LogP contribution in [0.25, 0.3) is 0 Å². The number of aromatic nitrogens is 1. The van der Waals surface area contributed by atoms with Crippen molar-refractivity contribution in [3.05, 3.63) is 45.1 Å². The molecule has 3 N–H and O–H groups in total. The first kappa shape index (κ1) is 15.1. The van der Waals surface area contributed by atoms with Gasteiger partial charge in [0, 0.05) is 15.1 Å². The lowest BCUT2D eigenvalue weighted by molar-refractivity contribution is 0.0691. The van der Waals surface area contributed by atoms with Crippen LogP contribution in [0.15, 0.2) is 44.3 Å². The number of carbonyl (C=O) groups is 1. The molecule has 0 saturated heterocycles. The van der Waals surface area contributed by atoms with Crippen molar-refractivity contribution in [3.8, 4) is 0 Å². The number of carboxylic acid groups (broad SMARTS) is 1. The van der Waals surface area contributed by atoms with Crippen molar-refractivity contribution in [1.29, 1.82) is 0 Å². The summed E-state index contributed by atoms with van der Waals surface area (Å²) in [5.74, 6) is -1.23. The molecule has 1 aromatic heterocycles. The number of hydrogen-bond acceptors (Lipinski definition) is 3. The maximum absolute atomic E-state index is 12.1. The zero-order valence-electron chi connectivity index (χ0n) is 9.72. The van der Waals surface area contributed by atoms with Gasteiger partial charge in [0.25, 0.3) is 10.0 Å². The molecular formula is C11H8Br2N2O4S. The summed E-state index contributed by atoms with van der Waals surface area (Å²) < 4.78 is 28.0. The summed E-state index contributed by atoms with van der Waals surface area (Å²) in [5.41, 5.74) is 0.159. The van der Waals surface area contributed by atoms with Gasteiger partial charge in [0.15, 0.2) is 0 Å². The molecule has 0 amide bonds. The Labute approximate surface area is 131 Å². The van der Waals surface area contributed by atoms with E-state index in [4.69, 9.17) is 5.11 Å². The standard InChI is InChI=1S/C11H8Br2N2O4S/c12-6-1-2-9(8(13)3-6)15-20(18,19)7-4-10(11(16)17)14-5-7/h1-5,14-15H,(H,16,17). The second-order valence-electron chi connectivity index (χ2n) is 3.78. The van der Waals surface area contributed by atoms with Crippen LogP contribution in [0.1, 0.15) is 10.5 Å². The number of halogens is 2. The average Bonchev–Trinajstić information content (AvgIpc) is 2.83. The van der Waals surface area contributed by atoms with Crippen LogP contribution in [0.5, 0.6) is 0 Å². The Morgan fingerprint density at radius 3 is 2.50 bits per heavy atom. The highest BCUT2D eigenvalue weighted by Crippen LogP contribution is 2.28. The van der Waals surface area contributed by atoms with E-state index < -0.39 is 16.0 Å². The summed E-state index contributed by atoms with van der Waals surface area (Å²) in [6.45, 7) is 0. The van der Waals surface area contributed by atoms with E-state index in [9.17, 15) is 13.2 Å². The molecule has 9 heteroatoms. The van der Waals surface area contributed by atoms with Crippen LogP contribution in [0.4, 0.5) is 5.69 Å². The van der Waals surface area contributed by atoms with Gasteiger partial charge < -0.3 is 10.1 Å². The zero-order valence-corrected chi connectivity index (χ0v) is 13.7. The van der Waals surface area contributed by atoms with Gasteiger partial charge in [0.2, 0.25) is 0 Å². The second-order valence-corrected chi connectivity index (χ2v) is 7.24. The van der Waals surface area contributed by atoms with Crippen LogP contribution < -0.4 is 4.72 Å². The number of nitrogens with one attached hydrogen (secondary N) is 2. The van der Waals surface area contributed by atoms with Gasteiger partial charge in [-0.1, -0.05) is 15.9 Å². The lowest BCUT2D eigenvalue weighted by Gasteiger charge is -2.08. The largest absolute Gasteiger partial charge is 0.477 e. The topological polar surface area (TPSA) is 99.3 Å². The van der Waals surface area contributed by atoms with E-state index in [1.807, 2.05) is 0 Å². The molecule has 0 aliphatic carbocycles. The first-order valence-corrected chi connectivity index (χ1v) is 8.26. The van der Waals surface area contributed by atoms with Crippen molar-refractivity contribution < 1.29 is 18.3 Å². The quantitative estimate of drug-likeness (QED) is 0.703. The zero-order chi connectivity index (χ0) is 14.9. The van der Waals surface area contributed by atoms with Gasteiger partial charge in [-0.15, -0.1) is 0 Å². The summed E-state index contributed by atoms with van der Waals surface area (Å²) in [6, 6.07) is 6.01. The Morgan fingerprint density at radius 1 is 1.25 bits per heavy atom. The highest BCUT2D eigenvalue weighted by atomic mass is 79.9. The Bertz CT molecular complexity index is 770. The van der Waals surface area contributed by atoms with Gasteiger partial charge in [-0.05, 0) is 40.2 Å². The number of rotatable bonds is 4. The molecule has 0 fully saturated rings. The summed E-state index contributed by atoms with van der Waals surface area (Å²) >= 11 is 6.50. The molecule has 0 saturated carbocycles. The number of hydrogen-bond donors (Lipinski definition) is 3. The smallest absolute Gasteiger partial charge is 0.352 e. The van der Waals surface area contributed by atoms with E-state index in [0.29, 0.717) is 10.2 Å². The summed E-state index contributed by atoms with van der Waals surface area (Å²) in [4.78, 5) is 13.0. The van der Waals surface area contributed by atoms with Crippen molar-refractivity contribution in [2.75, 3.05) is 4.72 Å². The van der Waals surface area contributed by atoms with E-state index in [1.165, 1.54) is 0 Å². The molecule has 1 heterocycles. The predicted octanol–water partition coefficient (Wildman–Crippen LogP) is 3.04. The molecule has 6 nitrogen and oxygen atoms in total. The number of benzene rings is 1. The maximum Gasteiger partial charge on any atom is 0.352 e. The Morgan fingerprint density at radius 2 is 1.95 bits per heavy atom. The predicted molar refractivity (Wildman–Crippen MR) is 80.4 cm³/mol. The van der Waals surface area contributed by atoms with Gasteiger partial charge in [-0.25, -0.2) is 13.2 Å². The van der Waals surface area contributed by atoms with E-state index in [0.717, 1.165) is 16.7 Å². The highest BCUT2D eigenvalue weighted by molar-refractivity contribution is 9.11. The third-order valence-corrected chi connectivity index (χ3v) is 4.87. The summed E-state index contributed by atoms with van der Waals surface area (Å²) in [5, 5.41) is 8.77. The SMILES string of the molecule is O=C(O)c1cc(S(=O)(=O)Nc2ccc(Br)cc2Br)c[nH]1. The molecule has 106 valence electrons. The minimum absolute atomic E-state index is 0.148. The van der Waals surface area contributed by atoms with Crippen LogP contribution >= 0.6 is 31.9 Å². The van der Waals surface area contributed by atoms with Crippen LogP contribution in [0.2, 0.25) is 0 Å². The number of aromatic amines is 1. The summed E-state index contributed by atoms with van der Waals surface area (Å²) in [6.07, 6.45) is 1.12. The first-order chi connectivity index (χ1) is 9.29. The monoisotopic (exact) mass is 422 g/mol. The minimum atomic E-state index is -3.85. The average molecular weight is 424 g/mol. The lowest BCUT2D eigenvalue weighted by atomic mass is 10.3. The van der Waals surface area contributed by atoms with Gasteiger partial charge in [0.1, 0.15) is 10.6 Å². The maximum atomic E-state index is 12.1. The second kappa shape index (κ2) is 5.58. The molecule has 2 aromatic rings. The van der Waals surface area contributed by atoms with Crippen molar-refractivity contribution in [1.82, 2.24) is 4.98 Å². The Kier molecular flexibility index (Phi) is 4.21. The van der Waals surface area contributed by atoms with Crippen LogP contribution in [-0.4, -0.2) is 24.5 Å². The van der Waals surface area contributed by atoms with E-state index >= 15 is 0 Å². The van der Waals surface area contributed by atoms with Crippen LogP contribution in [-0.2, 0) is 10.0 Å². The third kappa shape index (κ3) is 3.22. The van der Waals surface area contributed by atoms with Gasteiger partial charge in [-0.2, -0.15) is 0 Å². The van der Waals surface area contributed by atoms with Crippen molar-refractivity contribution in [2.24, 2.45) is 0 Å². The molecular weight excluding hydrogens is 416 g/mol. The summed E-state index contributed by atoms with van der Waals surface area (Å²) in [7, 11) is -3.85. The van der Waals surface area contributed by atoms with Gasteiger partial charge in [0.05, 0.1) is 5.69 Å². The fraction of sp³-hybridized carbons (Fsp3) is 0. The number of carboxylic acids is 1. The van der Waals surface area contributed by atoms with E-state index in [2.05, 4.69) is 41.6 Å². The molecule has 0 aliphatic rings. The minimum Gasteiger partial charge on any atom is -0.477 e. The van der Waals surface area contributed by atoms with Crippen LogP contribution in [0, 0.1) is 0 Å². The number of aromatic carboxylic acids is 1. The first-order valence-electron chi connectivity index (χ1n) is 5.19. The third-order valence-electron chi connectivity index (χ3n) is 2.37. The lowest BCUT2D eigenvalue weighted by Crippen LogP contribution is -2.12. The number of anilines is 1. The van der Waals surface area contributed by atoms with Crippen molar-refractivity contribution >= 4 is 53.5 Å². The highest BCUT2D eigenvalue weighted by Gasteiger charge is 2.19. The molecule has 2 rings (SSSR count). The van der Waals surface area contributed by atoms with Gasteiger partial charge >= 0.3 is 5.97 Å². The molecule has 0 unspecified atom stereocenters.